The van der Waals surface area contributed by atoms with Crippen LogP contribution in [-0.4, -0.2) is 28.3 Å². The summed E-state index contributed by atoms with van der Waals surface area (Å²) in [6.07, 6.45) is 3.26. The van der Waals surface area contributed by atoms with E-state index in [-0.39, 0.29) is 0 Å². The van der Waals surface area contributed by atoms with E-state index in [0.717, 1.165) is 31.0 Å². The van der Waals surface area contributed by atoms with Crippen LogP contribution in [-0.2, 0) is 13.0 Å². The molecule has 0 bridgehead atoms. The minimum atomic E-state index is 0.476. The maximum absolute atomic E-state index is 5.46. The van der Waals surface area contributed by atoms with Gasteiger partial charge in [-0.1, -0.05) is 12.0 Å². The maximum atomic E-state index is 5.46. The van der Waals surface area contributed by atoms with Crippen LogP contribution in [0.2, 0.25) is 0 Å². The first-order valence-corrected chi connectivity index (χ1v) is 7.53. The van der Waals surface area contributed by atoms with Crippen molar-refractivity contribution in [2.24, 2.45) is 0 Å². The number of rotatable bonds is 5. The Morgan fingerprint density at radius 1 is 1.24 bits per heavy atom. The van der Waals surface area contributed by atoms with Crippen molar-refractivity contribution in [3.8, 4) is 0 Å². The molecule has 3 heterocycles. The molecule has 112 valence electrons. The number of pyridine rings is 1. The molecule has 2 aromatic heterocycles. The summed E-state index contributed by atoms with van der Waals surface area (Å²) in [5, 5.41) is 11.1. The lowest BCUT2D eigenvalue weighted by Gasteiger charge is -2.18. The molecule has 6 heteroatoms. The van der Waals surface area contributed by atoms with Gasteiger partial charge < -0.3 is 14.6 Å². The van der Waals surface area contributed by atoms with Crippen molar-refractivity contribution in [2.45, 2.75) is 39.7 Å². The van der Waals surface area contributed by atoms with Crippen molar-refractivity contribution in [2.75, 3.05) is 23.3 Å². The van der Waals surface area contributed by atoms with Gasteiger partial charge in [-0.05, 0) is 37.5 Å². The molecule has 3 rings (SSSR count). The molecular formula is C15H21N5O. The van der Waals surface area contributed by atoms with Crippen LogP contribution in [0.25, 0.3) is 0 Å². The third kappa shape index (κ3) is 3.32. The van der Waals surface area contributed by atoms with Gasteiger partial charge in [-0.25, -0.2) is 4.98 Å². The van der Waals surface area contributed by atoms with Crippen LogP contribution in [0, 0.1) is 6.92 Å². The molecule has 1 saturated heterocycles. The highest BCUT2D eigenvalue weighted by atomic mass is 16.4. The second kappa shape index (κ2) is 6.11. The van der Waals surface area contributed by atoms with E-state index in [1.54, 1.807) is 0 Å². The summed E-state index contributed by atoms with van der Waals surface area (Å²) < 4.78 is 5.46. The number of aryl methyl sites for hydroxylation is 2. The molecule has 0 amide bonds. The molecule has 0 aliphatic carbocycles. The first-order valence-electron chi connectivity index (χ1n) is 7.53. The van der Waals surface area contributed by atoms with Crippen molar-refractivity contribution in [1.82, 2.24) is 15.2 Å². The molecule has 0 atom stereocenters. The Labute approximate surface area is 124 Å². The topological polar surface area (TPSA) is 67.1 Å². The Morgan fingerprint density at radius 2 is 2.05 bits per heavy atom. The van der Waals surface area contributed by atoms with Gasteiger partial charge in [0.2, 0.25) is 5.89 Å². The Kier molecular flexibility index (Phi) is 4.03. The highest BCUT2D eigenvalue weighted by Crippen LogP contribution is 2.20. The Hall–Kier alpha value is -2.11. The quantitative estimate of drug-likeness (QED) is 0.911. The third-order valence-electron chi connectivity index (χ3n) is 3.64. The molecule has 21 heavy (non-hydrogen) atoms. The van der Waals surface area contributed by atoms with Crippen molar-refractivity contribution in [1.29, 1.82) is 0 Å². The lowest BCUT2D eigenvalue weighted by Crippen LogP contribution is -2.19. The molecule has 6 nitrogen and oxygen atoms in total. The van der Waals surface area contributed by atoms with Gasteiger partial charge in [0.1, 0.15) is 5.82 Å². The van der Waals surface area contributed by atoms with Gasteiger partial charge in [0.25, 0.3) is 0 Å². The minimum absolute atomic E-state index is 0.476. The number of nitrogens with zero attached hydrogens (tertiary/aromatic N) is 4. The second-order valence-corrected chi connectivity index (χ2v) is 5.38. The summed E-state index contributed by atoms with van der Waals surface area (Å²) in [6.45, 7) is 6.89. The SMILES string of the molecule is CCc1nnc(NCc2cc(C)nc(N3CCCC3)c2)o1. The van der Waals surface area contributed by atoms with E-state index in [1.165, 1.54) is 18.4 Å². The zero-order valence-corrected chi connectivity index (χ0v) is 12.6. The molecule has 0 unspecified atom stereocenters. The summed E-state index contributed by atoms with van der Waals surface area (Å²) in [5.74, 6) is 1.73. The van der Waals surface area contributed by atoms with E-state index in [9.17, 15) is 0 Å². The normalized spacial score (nSPS) is 14.7. The van der Waals surface area contributed by atoms with E-state index in [2.05, 4.69) is 37.5 Å². The maximum Gasteiger partial charge on any atom is 0.315 e. The largest absolute Gasteiger partial charge is 0.408 e. The smallest absolute Gasteiger partial charge is 0.315 e. The molecule has 0 saturated carbocycles. The molecule has 0 spiro atoms. The van der Waals surface area contributed by atoms with Crippen LogP contribution in [0.4, 0.5) is 11.8 Å². The van der Waals surface area contributed by atoms with Crippen LogP contribution >= 0.6 is 0 Å². The first-order chi connectivity index (χ1) is 10.2. The number of anilines is 2. The van der Waals surface area contributed by atoms with Crippen molar-refractivity contribution < 1.29 is 4.42 Å². The van der Waals surface area contributed by atoms with Crippen molar-refractivity contribution >= 4 is 11.8 Å². The predicted molar refractivity (Wildman–Crippen MR) is 81.4 cm³/mol. The molecule has 1 aliphatic heterocycles. The van der Waals surface area contributed by atoms with E-state index in [1.807, 2.05) is 13.8 Å². The van der Waals surface area contributed by atoms with Crippen LogP contribution in [0.15, 0.2) is 16.5 Å². The fourth-order valence-electron chi connectivity index (χ4n) is 2.58. The summed E-state index contributed by atoms with van der Waals surface area (Å²) in [7, 11) is 0. The molecule has 1 aliphatic rings. The molecule has 0 radical (unpaired) electrons. The summed E-state index contributed by atoms with van der Waals surface area (Å²) in [6, 6.07) is 4.70. The van der Waals surface area contributed by atoms with Gasteiger partial charge in [-0.3, -0.25) is 0 Å². The third-order valence-corrected chi connectivity index (χ3v) is 3.64. The van der Waals surface area contributed by atoms with E-state index in [0.29, 0.717) is 18.5 Å². The van der Waals surface area contributed by atoms with Gasteiger partial charge in [-0.15, -0.1) is 5.10 Å². The number of hydrogen-bond donors (Lipinski definition) is 1. The average molecular weight is 287 g/mol. The summed E-state index contributed by atoms with van der Waals surface area (Å²) in [4.78, 5) is 6.98. The highest BCUT2D eigenvalue weighted by molar-refractivity contribution is 5.44. The van der Waals surface area contributed by atoms with E-state index in [4.69, 9.17) is 4.42 Å². The monoisotopic (exact) mass is 287 g/mol. The standard InChI is InChI=1S/C15H21N5O/c1-3-14-18-19-15(21-14)16-10-12-8-11(2)17-13(9-12)20-6-4-5-7-20/h8-9H,3-7,10H2,1-2H3,(H,16,19). The van der Waals surface area contributed by atoms with Crippen LogP contribution in [0.5, 0.6) is 0 Å². The highest BCUT2D eigenvalue weighted by Gasteiger charge is 2.14. The van der Waals surface area contributed by atoms with Crippen molar-refractivity contribution in [3.05, 3.63) is 29.3 Å². The molecule has 0 aromatic carbocycles. The lowest BCUT2D eigenvalue weighted by atomic mass is 10.2. The molecular weight excluding hydrogens is 266 g/mol. The van der Waals surface area contributed by atoms with Gasteiger partial charge in [0.05, 0.1) is 0 Å². The predicted octanol–water partition coefficient (Wildman–Crippen LogP) is 2.55. The number of aromatic nitrogens is 3. The Balaban J connectivity index is 1.69. The van der Waals surface area contributed by atoms with Crippen molar-refractivity contribution in [3.63, 3.8) is 0 Å². The van der Waals surface area contributed by atoms with Crippen LogP contribution < -0.4 is 10.2 Å². The zero-order chi connectivity index (χ0) is 14.7. The Bertz CT molecular complexity index is 604. The van der Waals surface area contributed by atoms with Gasteiger partial charge >= 0.3 is 6.01 Å². The first kappa shape index (κ1) is 13.9. The minimum Gasteiger partial charge on any atom is -0.408 e. The van der Waals surface area contributed by atoms with E-state index >= 15 is 0 Å². The summed E-state index contributed by atoms with van der Waals surface area (Å²) >= 11 is 0. The molecule has 1 fully saturated rings. The number of hydrogen-bond acceptors (Lipinski definition) is 6. The van der Waals surface area contributed by atoms with Gasteiger partial charge in [0, 0.05) is 31.7 Å². The fourth-order valence-corrected chi connectivity index (χ4v) is 2.58. The van der Waals surface area contributed by atoms with Gasteiger partial charge in [0.15, 0.2) is 0 Å². The van der Waals surface area contributed by atoms with Gasteiger partial charge in [-0.2, -0.15) is 0 Å². The lowest BCUT2D eigenvalue weighted by molar-refractivity contribution is 0.511. The fraction of sp³-hybridized carbons (Fsp3) is 0.533. The van der Waals surface area contributed by atoms with Crippen LogP contribution in [0.3, 0.4) is 0 Å². The number of nitrogens with one attached hydrogen (secondary N) is 1. The molecule has 2 aromatic rings. The zero-order valence-electron chi connectivity index (χ0n) is 12.6. The Morgan fingerprint density at radius 3 is 2.76 bits per heavy atom. The molecule has 1 N–H and O–H groups in total. The summed E-state index contributed by atoms with van der Waals surface area (Å²) in [5.41, 5.74) is 2.22. The second-order valence-electron chi connectivity index (χ2n) is 5.38. The van der Waals surface area contributed by atoms with E-state index < -0.39 is 0 Å². The van der Waals surface area contributed by atoms with Crippen LogP contribution in [0.1, 0.15) is 36.9 Å². The average Bonchev–Trinajstić information content (AvgIpc) is 3.16.